The maximum absolute atomic E-state index is 13.5. The van der Waals surface area contributed by atoms with Gasteiger partial charge in [0.15, 0.2) is 17.9 Å². The number of hydrogen-bond donors (Lipinski definition) is 2. The Labute approximate surface area is 103 Å². The van der Waals surface area contributed by atoms with Crippen molar-refractivity contribution in [3.8, 4) is 0 Å². The lowest BCUT2D eigenvalue weighted by molar-refractivity contribution is -0.130. The van der Waals surface area contributed by atoms with Crippen LogP contribution in [0.2, 0.25) is 0 Å². The van der Waals surface area contributed by atoms with Crippen molar-refractivity contribution in [2.75, 3.05) is 13.7 Å². The van der Waals surface area contributed by atoms with Crippen molar-refractivity contribution < 1.29 is 23.4 Å². The van der Waals surface area contributed by atoms with Gasteiger partial charge in [0.05, 0.1) is 12.7 Å². The van der Waals surface area contributed by atoms with E-state index in [1.54, 1.807) is 0 Å². The molecule has 102 valence electrons. The minimum absolute atomic E-state index is 0.0572. The average Bonchev–Trinajstić information content (AvgIpc) is 2.75. The van der Waals surface area contributed by atoms with Crippen molar-refractivity contribution in [3.05, 3.63) is 12.0 Å². The number of aliphatic hydroxyl groups is 1. The third-order valence-corrected chi connectivity index (χ3v) is 2.50. The van der Waals surface area contributed by atoms with E-state index in [9.17, 15) is 13.6 Å². The van der Waals surface area contributed by atoms with Gasteiger partial charge in [-0.2, -0.15) is 0 Å². The van der Waals surface area contributed by atoms with Crippen molar-refractivity contribution in [1.29, 1.82) is 0 Å². The van der Waals surface area contributed by atoms with Crippen molar-refractivity contribution in [2.45, 2.75) is 24.9 Å². The van der Waals surface area contributed by atoms with Crippen molar-refractivity contribution >= 4 is 12.2 Å². The molecule has 18 heavy (non-hydrogen) atoms. The molecule has 0 bridgehead atoms. The number of carbonyl (C=O) groups is 1. The number of halogens is 2. The number of nitrogens with zero attached hydrogens (tertiary/aromatic N) is 2. The second kappa shape index (κ2) is 6.41. The molecule has 0 saturated carbocycles. The molecule has 1 fully saturated rings. The highest BCUT2D eigenvalue weighted by molar-refractivity contribution is 5.94. The molecule has 3 unspecified atom stereocenters. The Morgan fingerprint density at radius 3 is 2.83 bits per heavy atom. The van der Waals surface area contributed by atoms with Crippen LogP contribution < -0.4 is 5.73 Å². The van der Waals surface area contributed by atoms with Crippen LogP contribution in [0.3, 0.4) is 0 Å². The lowest BCUT2D eigenvalue weighted by atomic mass is 10.2. The van der Waals surface area contributed by atoms with E-state index in [1.807, 2.05) is 0 Å². The number of rotatable bonds is 5. The van der Waals surface area contributed by atoms with Crippen molar-refractivity contribution in [2.24, 2.45) is 10.7 Å². The summed E-state index contributed by atoms with van der Waals surface area (Å²) in [4.78, 5) is 14.9. The molecule has 8 heteroatoms. The van der Waals surface area contributed by atoms with Crippen molar-refractivity contribution in [3.63, 3.8) is 0 Å². The topological polar surface area (TPSA) is 88.2 Å². The zero-order valence-electron chi connectivity index (χ0n) is 9.79. The number of amides is 1. The first-order valence-electron chi connectivity index (χ1n) is 5.26. The van der Waals surface area contributed by atoms with Gasteiger partial charge in [0.1, 0.15) is 6.17 Å². The molecule has 1 aliphatic heterocycles. The SMILES string of the molecule is CN=C(N)/C(F)=C\N(C=O)C1OC(CO)CC1F. The van der Waals surface area contributed by atoms with Crippen LogP contribution in [0.4, 0.5) is 8.78 Å². The van der Waals surface area contributed by atoms with Crippen LogP contribution in [-0.2, 0) is 9.53 Å². The molecule has 0 aromatic rings. The average molecular weight is 263 g/mol. The Morgan fingerprint density at radius 1 is 1.72 bits per heavy atom. The van der Waals surface area contributed by atoms with Gasteiger partial charge in [0, 0.05) is 19.7 Å². The number of hydrogen-bond acceptors (Lipinski definition) is 4. The Bertz CT molecular complexity index is 362. The highest BCUT2D eigenvalue weighted by Gasteiger charge is 2.38. The van der Waals surface area contributed by atoms with Crippen molar-refractivity contribution in [1.82, 2.24) is 4.90 Å². The smallest absolute Gasteiger partial charge is 0.215 e. The number of aliphatic hydroxyl groups excluding tert-OH is 1. The minimum Gasteiger partial charge on any atom is -0.394 e. The molecule has 0 spiro atoms. The van der Waals surface area contributed by atoms with E-state index in [0.717, 1.165) is 0 Å². The summed E-state index contributed by atoms with van der Waals surface area (Å²) < 4.78 is 32.0. The monoisotopic (exact) mass is 263 g/mol. The summed E-state index contributed by atoms with van der Waals surface area (Å²) in [6, 6.07) is 0. The quantitative estimate of drug-likeness (QED) is 0.404. The summed E-state index contributed by atoms with van der Waals surface area (Å²) in [6.45, 7) is -0.367. The van der Waals surface area contributed by atoms with Gasteiger partial charge in [-0.05, 0) is 0 Å². The first kappa shape index (κ1) is 14.5. The van der Waals surface area contributed by atoms with E-state index in [1.165, 1.54) is 7.05 Å². The highest BCUT2D eigenvalue weighted by Crippen LogP contribution is 2.25. The molecule has 1 aliphatic rings. The third-order valence-electron chi connectivity index (χ3n) is 2.50. The predicted octanol–water partition coefficient (Wildman–Crippen LogP) is -0.312. The molecule has 3 atom stereocenters. The number of amidine groups is 1. The van der Waals surface area contributed by atoms with Gasteiger partial charge in [0.25, 0.3) is 0 Å². The first-order chi connectivity index (χ1) is 8.53. The van der Waals surface area contributed by atoms with E-state index in [4.69, 9.17) is 15.6 Å². The molecule has 0 aliphatic carbocycles. The van der Waals surface area contributed by atoms with Gasteiger partial charge in [-0.1, -0.05) is 0 Å². The fourth-order valence-electron chi connectivity index (χ4n) is 1.55. The van der Waals surface area contributed by atoms with Crippen LogP contribution in [0.25, 0.3) is 0 Å². The molecule has 1 rings (SSSR count). The number of aliphatic imine (C=N–C) groups is 1. The van der Waals surface area contributed by atoms with Gasteiger partial charge >= 0.3 is 0 Å². The lowest BCUT2D eigenvalue weighted by Gasteiger charge is -2.22. The molecule has 3 N–H and O–H groups in total. The lowest BCUT2D eigenvalue weighted by Crippen LogP contribution is -2.36. The molecule has 0 radical (unpaired) electrons. The normalized spacial score (nSPS) is 29.4. The Balaban J connectivity index is 2.82. The first-order valence-corrected chi connectivity index (χ1v) is 5.26. The second-order valence-corrected chi connectivity index (χ2v) is 3.72. The third kappa shape index (κ3) is 3.23. The zero-order valence-corrected chi connectivity index (χ0v) is 9.79. The largest absolute Gasteiger partial charge is 0.394 e. The predicted molar refractivity (Wildman–Crippen MR) is 59.9 cm³/mol. The van der Waals surface area contributed by atoms with Crippen LogP contribution in [0.15, 0.2) is 17.0 Å². The van der Waals surface area contributed by atoms with Gasteiger partial charge in [-0.25, -0.2) is 8.78 Å². The maximum Gasteiger partial charge on any atom is 0.215 e. The number of ether oxygens (including phenoxy) is 1. The molecule has 1 amide bonds. The summed E-state index contributed by atoms with van der Waals surface area (Å²) >= 11 is 0. The molecule has 6 nitrogen and oxygen atoms in total. The van der Waals surface area contributed by atoms with Gasteiger partial charge in [0.2, 0.25) is 6.41 Å². The summed E-state index contributed by atoms with van der Waals surface area (Å²) in [6.07, 6.45) is -2.60. The standard InChI is InChI=1S/C10H15F2N3O3/c1-14-9(13)8(12)3-15(5-17)10-7(11)2-6(4-16)18-10/h3,5-7,10,16H,2,4H2,1H3,(H2,13,14)/b8-3+. The zero-order chi connectivity index (χ0) is 13.7. The van der Waals surface area contributed by atoms with E-state index in [0.29, 0.717) is 11.1 Å². The Hall–Kier alpha value is -1.54. The molecular formula is C10H15F2N3O3. The fourth-order valence-corrected chi connectivity index (χ4v) is 1.55. The molecular weight excluding hydrogens is 248 g/mol. The second-order valence-electron chi connectivity index (χ2n) is 3.72. The fraction of sp³-hybridized carbons (Fsp3) is 0.600. The number of carbonyl (C=O) groups excluding carboxylic acids is 1. The van der Waals surface area contributed by atoms with E-state index in [-0.39, 0.29) is 19.4 Å². The summed E-state index contributed by atoms with van der Waals surface area (Å²) in [5, 5.41) is 8.84. The van der Waals surface area contributed by atoms with Crippen LogP contribution in [0.1, 0.15) is 6.42 Å². The van der Waals surface area contributed by atoms with Gasteiger partial charge in [-0.3, -0.25) is 14.7 Å². The minimum atomic E-state index is -1.50. The van der Waals surface area contributed by atoms with Crippen LogP contribution in [-0.4, -0.2) is 54.4 Å². The van der Waals surface area contributed by atoms with Gasteiger partial charge in [-0.15, -0.1) is 0 Å². The number of nitrogens with two attached hydrogens (primary N) is 1. The molecule has 0 aromatic heterocycles. The molecule has 1 saturated heterocycles. The highest BCUT2D eigenvalue weighted by atomic mass is 19.1. The van der Waals surface area contributed by atoms with Gasteiger partial charge < -0.3 is 15.6 Å². The maximum atomic E-state index is 13.5. The Kier molecular flexibility index (Phi) is 5.17. The summed E-state index contributed by atoms with van der Waals surface area (Å²) in [5.74, 6) is -1.37. The van der Waals surface area contributed by atoms with Crippen LogP contribution in [0.5, 0.6) is 0 Å². The van der Waals surface area contributed by atoms with Crippen LogP contribution in [0, 0.1) is 0 Å². The van der Waals surface area contributed by atoms with E-state index in [2.05, 4.69) is 4.99 Å². The molecule has 0 aromatic carbocycles. The Morgan fingerprint density at radius 2 is 2.39 bits per heavy atom. The number of alkyl halides is 1. The van der Waals surface area contributed by atoms with E-state index < -0.39 is 30.2 Å². The molecule has 1 heterocycles. The summed E-state index contributed by atoms with van der Waals surface area (Å²) in [5.41, 5.74) is 5.20. The summed E-state index contributed by atoms with van der Waals surface area (Å²) in [7, 11) is 1.28. The van der Waals surface area contributed by atoms with E-state index >= 15 is 0 Å². The van der Waals surface area contributed by atoms with Crippen LogP contribution >= 0.6 is 0 Å².